The van der Waals surface area contributed by atoms with E-state index in [0.717, 1.165) is 10.4 Å². The predicted octanol–water partition coefficient (Wildman–Crippen LogP) is 3.39. The van der Waals surface area contributed by atoms with Crippen LogP contribution >= 0.6 is 11.3 Å². The van der Waals surface area contributed by atoms with Crippen molar-refractivity contribution in [3.8, 4) is 11.8 Å². The maximum atomic E-state index is 13.0. The number of benzene rings is 1. The highest BCUT2D eigenvalue weighted by molar-refractivity contribution is 7.16. The smallest absolute Gasteiger partial charge is 0.262 e. The van der Waals surface area contributed by atoms with Crippen molar-refractivity contribution in [2.24, 2.45) is 0 Å². The van der Waals surface area contributed by atoms with E-state index in [4.69, 9.17) is 10.00 Å². The summed E-state index contributed by atoms with van der Waals surface area (Å²) in [5, 5.41) is 12.3. The van der Waals surface area contributed by atoms with E-state index in [1.807, 2.05) is 13.8 Å². The zero-order valence-electron chi connectivity index (χ0n) is 11.6. The van der Waals surface area contributed by atoms with Crippen molar-refractivity contribution in [1.29, 1.82) is 5.26 Å². The standard InChI is InChI=1S/C15H13FN2O2S/c1-9-10(2)21-15(13(9)7-17)18-14(19)8-20-12-5-3-4-11(16)6-12/h3-6H,8H2,1-2H3,(H,18,19). The van der Waals surface area contributed by atoms with Gasteiger partial charge >= 0.3 is 0 Å². The van der Waals surface area contributed by atoms with Crippen molar-refractivity contribution < 1.29 is 13.9 Å². The highest BCUT2D eigenvalue weighted by atomic mass is 32.1. The van der Waals surface area contributed by atoms with Gasteiger partial charge in [0, 0.05) is 10.9 Å². The number of aryl methyl sites for hydroxylation is 1. The number of carbonyl (C=O) groups excluding carboxylic acids is 1. The summed E-state index contributed by atoms with van der Waals surface area (Å²) in [5.74, 6) is -0.537. The number of rotatable bonds is 4. The van der Waals surface area contributed by atoms with E-state index < -0.39 is 11.7 Å². The van der Waals surface area contributed by atoms with E-state index in [-0.39, 0.29) is 12.4 Å². The number of carbonyl (C=O) groups is 1. The number of thiophene rings is 1. The summed E-state index contributed by atoms with van der Waals surface area (Å²) in [5.41, 5.74) is 1.33. The monoisotopic (exact) mass is 304 g/mol. The Morgan fingerprint density at radius 3 is 2.90 bits per heavy atom. The second-order valence-corrected chi connectivity index (χ2v) is 5.62. The number of anilines is 1. The maximum Gasteiger partial charge on any atom is 0.262 e. The third kappa shape index (κ3) is 3.58. The number of halogens is 1. The molecule has 0 fully saturated rings. The molecule has 0 aliphatic carbocycles. The molecule has 1 aromatic carbocycles. The van der Waals surface area contributed by atoms with E-state index >= 15 is 0 Å². The first-order valence-electron chi connectivity index (χ1n) is 6.19. The van der Waals surface area contributed by atoms with Crippen LogP contribution in [0.5, 0.6) is 5.75 Å². The fourth-order valence-corrected chi connectivity index (χ4v) is 2.75. The lowest BCUT2D eigenvalue weighted by molar-refractivity contribution is -0.118. The van der Waals surface area contributed by atoms with Gasteiger partial charge in [-0.15, -0.1) is 11.3 Å². The zero-order valence-corrected chi connectivity index (χ0v) is 12.4. The summed E-state index contributed by atoms with van der Waals surface area (Å²) < 4.78 is 18.2. The van der Waals surface area contributed by atoms with Crippen molar-refractivity contribution in [2.45, 2.75) is 13.8 Å². The molecule has 0 aliphatic rings. The molecule has 0 saturated carbocycles. The maximum absolute atomic E-state index is 13.0. The fraction of sp³-hybridized carbons (Fsp3) is 0.200. The Morgan fingerprint density at radius 2 is 2.24 bits per heavy atom. The first-order chi connectivity index (χ1) is 10.0. The van der Waals surface area contributed by atoms with Crippen molar-refractivity contribution in [2.75, 3.05) is 11.9 Å². The molecule has 1 heterocycles. The zero-order chi connectivity index (χ0) is 15.4. The Labute approximate surface area is 125 Å². The van der Waals surface area contributed by atoms with Crippen LogP contribution in [0, 0.1) is 31.0 Å². The summed E-state index contributed by atoms with van der Waals surface area (Å²) in [7, 11) is 0. The molecule has 6 heteroatoms. The number of amides is 1. The molecule has 0 unspecified atom stereocenters. The first kappa shape index (κ1) is 15.0. The van der Waals surface area contributed by atoms with Gasteiger partial charge in [-0.05, 0) is 31.5 Å². The van der Waals surface area contributed by atoms with Crippen LogP contribution in [0.15, 0.2) is 24.3 Å². The highest BCUT2D eigenvalue weighted by Gasteiger charge is 2.14. The van der Waals surface area contributed by atoms with Gasteiger partial charge in [0.05, 0.1) is 5.56 Å². The number of hydrogen-bond donors (Lipinski definition) is 1. The molecule has 1 amide bonds. The SMILES string of the molecule is Cc1sc(NC(=O)COc2cccc(F)c2)c(C#N)c1C. The highest BCUT2D eigenvalue weighted by Crippen LogP contribution is 2.31. The van der Waals surface area contributed by atoms with Gasteiger partial charge in [0.25, 0.3) is 5.91 Å². The van der Waals surface area contributed by atoms with Crippen molar-refractivity contribution in [3.63, 3.8) is 0 Å². The van der Waals surface area contributed by atoms with E-state index in [2.05, 4.69) is 11.4 Å². The summed E-state index contributed by atoms with van der Waals surface area (Å²) in [6, 6.07) is 7.64. The largest absolute Gasteiger partial charge is 0.484 e. The third-order valence-corrected chi connectivity index (χ3v) is 4.04. The lowest BCUT2D eigenvalue weighted by Crippen LogP contribution is -2.20. The molecule has 0 radical (unpaired) electrons. The molecule has 21 heavy (non-hydrogen) atoms. The van der Waals surface area contributed by atoms with Gasteiger partial charge in [-0.2, -0.15) is 5.26 Å². The van der Waals surface area contributed by atoms with Crippen molar-refractivity contribution in [1.82, 2.24) is 0 Å². The molecule has 4 nitrogen and oxygen atoms in total. The number of nitrogens with one attached hydrogen (secondary N) is 1. The quantitative estimate of drug-likeness (QED) is 0.941. The molecule has 2 rings (SSSR count). The molecule has 0 bridgehead atoms. The molecule has 0 atom stereocenters. The Hall–Kier alpha value is -2.39. The molecule has 1 aromatic heterocycles. The normalized spacial score (nSPS) is 10.0. The Kier molecular flexibility index (Phi) is 4.55. The Morgan fingerprint density at radius 1 is 1.48 bits per heavy atom. The molecule has 108 valence electrons. The van der Waals surface area contributed by atoms with Gasteiger partial charge in [0.15, 0.2) is 6.61 Å². The Balaban J connectivity index is 2.00. The van der Waals surface area contributed by atoms with Crippen LogP contribution in [0.2, 0.25) is 0 Å². The minimum absolute atomic E-state index is 0.246. The van der Waals surface area contributed by atoms with E-state index in [1.165, 1.54) is 29.5 Å². The summed E-state index contributed by atoms with van der Waals surface area (Å²) in [4.78, 5) is 12.8. The molecule has 0 aliphatic heterocycles. The average Bonchev–Trinajstić information content (AvgIpc) is 2.71. The van der Waals surface area contributed by atoms with Crippen LogP contribution in [0.25, 0.3) is 0 Å². The molecule has 2 aromatic rings. The summed E-state index contributed by atoms with van der Waals surface area (Å²) >= 11 is 1.35. The van der Waals surface area contributed by atoms with Crippen molar-refractivity contribution in [3.05, 3.63) is 46.1 Å². The first-order valence-corrected chi connectivity index (χ1v) is 7.01. The fourth-order valence-electron chi connectivity index (χ4n) is 1.72. The number of nitriles is 1. The van der Waals surface area contributed by atoms with Crippen LogP contribution in [-0.2, 0) is 4.79 Å². The third-order valence-electron chi connectivity index (χ3n) is 2.92. The van der Waals surface area contributed by atoms with Gasteiger partial charge in [-0.1, -0.05) is 6.07 Å². The number of hydrogen-bond acceptors (Lipinski definition) is 4. The minimum atomic E-state index is -0.427. The van der Waals surface area contributed by atoms with Gasteiger partial charge in [0.2, 0.25) is 0 Å². The van der Waals surface area contributed by atoms with E-state index in [9.17, 15) is 9.18 Å². The van der Waals surface area contributed by atoms with Crippen LogP contribution in [0.1, 0.15) is 16.0 Å². The molecule has 0 spiro atoms. The minimum Gasteiger partial charge on any atom is -0.484 e. The van der Waals surface area contributed by atoms with E-state index in [0.29, 0.717) is 10.6 Å². The van der Waals surface area contributed by atoms with Crippen LogP contribution in [0.3, 0.4) is 0 Å². The summed E-state index contributed by atoms with van der Waals surface area (Å²) in [6.45, 7) is 3.48. The summed E-state index contributed by atoms with van der Waals surface area (Å²) in [6.07, 6.45) is 0. The van der Waals surface area contributed by atoms with Gasteiger partial charge in [0.1, 0.15) is 22.6 Å². The number of ether oxygens (including phenoxy) is 1. The van der Waals surface area contributed by atoms with Gasteiger partial charge in [-0.25, -0.2) is 4.39 Å². The predicted molar refractivity (Wildman–Crippen MR) is 79.0 cm³/mol. The second-order valence-electron chi connectivity index (χ2n) is 4.39. The van der Waals surface area contributed by atoms with Crippen molar-refractivity contribution >= 4 is 22.2 Å². The molecular weight excluding hydrogens is 291 g/mol. The van der Waals surface area contributed by atoms with E-state index in [1.54, 1.807) is 6.07 Å². The van der Waals surface area contributed by atoms with Crippen LogP contribution in [-0.4, -0.2) is 12.5 Å². The van der Waals surface area contributed by atoms with Crippen LogP contribution < -0.4 is 10.1 Å². The van der Waals surface area contributed by atoms with Crippen LogP contribution in [0.4, 0.5) is 9.39 Å². The average molecular weight is 304 g/mol. The number of nitrogens with zero attached hydrogens (tertiary/aromatic N) is 1. The lowest BCUT2D eigenvalue weighted by Gasteiger charge is -2.06. The Bertz CT molecular complexity index is 719. The second kappa shape index (κ2) is 6.37. The van der Waals surface area contributed by atoms with Gasteiger partial charge < -0.3 is 10.1 Å². The molecular formula is C15H13FN2O2S. The topological polar surface area (TPSA) is 62.1 Å². The van der Waals surface area contributed by atoms with Gasteiger partial charge in [-0.3, -0.25) is 4.79 Å². The molecule has 1 N–H and O–H groups in total. The molecule has 0 saturated heterocycles. The lowest BCUT2D eigenvalue weighted by atomic mass is 10.2.